The molecule has 2 fully saturated rings. The van der Waals surface area contributed by atoms with Crippen molar-refractivity contribution in [3.8, 4) is 16.9 Å². The van der Waals surface area contributed by atoms with E-state index in [2.05, 4.69) is 38.5 Å². The molecule has 0 bridgehead atoms. The Hall–Kier alpha value is -3.98. The summed E-state index contributed by atoms with van der Waals surface area (Å²) in [5, 5.41) is 9.58. The van der Waals surface area contributed by atoms with E-state index >= 15 is 0 Å². The number of aryl methyl sites for hydroxylation is 2. The summed E-state index contributed by atoms with van der Waals surface area (Å²) in [5.41, 5.74) is 11.7. The molecule has 0 saturated heterocycles. The zero-order valence-corrected chi connectivity index (χ0v) is 21.1. The largest absolute Gasteiger partial charge is 0.356 e. The highest BCUT2D eigenvalue weighted by Gasteiger charge is 2.48. The first kappa shape index (κ1) is 22.2. The van der Waals surface area contributed by atoms with Crippen LogP contribution < -0.4 is 11.3 Å². The summed E-state index contributed by atoms with van der Waals surface area (Å²) in [6, 6.07) is 8.40. The third-order valence-corrected chi connectivity index (χ3v) is 8.25. The molecule has 1 aromatic carbocycles. The van der Waals surface area contributed by atoms with Gasteiger partial charge in [0.15, 0.2) is 0 Å². The predicted octanol–water partition coefficient (Wildman–Crippen LogP) is 3.21. The fourth-order valence-corrected chi connectivity index (χ4v) is 6.18. The van der Waals surface area contributed by atoms with Gasteiger partial charge in [-0.15, -0.1) is 10.2 Å². The molecular formula is C28H30N8O. The zero-order chi connectivity index (χ0) is 25.3. The summed E-state index contributed by atoms with van der Waals surface area (Å²) in [5.74, 6) is 1.58. The lowest BCUT2D eigenvalue weighted by atomic mass is 9.61. The van der Waals surface area contributed by atoms with Gasteiger partial charge in [0.05, 0.1) is 23.6 Å². The SMILES string of the molecule is Cn1cncc1-c1c[nH]c2c(=O)n(-c3cccc(C4(c5nncn5C)CC(N)C4)c3)cc(CC3CC3)c12. The Bertz CT molecular complexity index is 1690. The van der Waals surface area contributed by atoms with Gasteiger partial charge in [-0.1, -0.05) is 12.1 Å². The Morgan fingerprint density at radius 3 is 2.68 bits per heavy atom. The van der Waals surface area contributed by atoms with Crippen molar-refractivity contribution >= 4 is 10.9 Å². The van der Waals surface area contributed by atoms with Crippen LogP contribution in [0.1, 0.15) is 42.6 Å². The molecule has 0 atom stereocenters. The predicted molar refractivity (Wildman–Crippen MR) is 142 cm³/mol. The van der Waals surface area contributed by atoms with Crippen LogP contribution in [0.3, 0.4) is 0 Å². The third-order valence-electron chi connectivity index (χ3n) is 8.25. The van der Waals surface area contributed by atoms with E-state index in [9.17, 15) is 4.79 Å². The van der Waals surface area contributed by atoms with Gasteiger partial charge in [0.2, 0.25) is 0 Å². The second-order valence-corrected chi connectivity index (χ2v) is 10.9. The van der Waals surface area contributed by atoms with Gasteiger partial charge in [-0.05, 0) is 61.3 Å². The van der Waals surface area contributed by atoms with Crippen molar-refractivity contribution in [1.82, 2.24) is 33.9 Å². The third kappa shape index (κ3) is 3.41. The van der Waals surface area contributed by atoms with Gasteiger partial charge >= 0.3 is 0 Å². The minimum Gasteiger partial charge on any atom is -0.356 e. The normalized spacial score (nSPS) is 21.4. The van der Waals surface area contributed by atoms with E-state index in [4.69, 9.17) is 5.73 Å². The minimum atomic E-state index is -0.301. The molecule has 0 radical (unpaired) electrons. The standard InChI is InChI=1S/C28H30N8O/c1-34-15-30-13-23(34)22-12-31-25-24(22)18(8-17-6-7-17)14-36(26(25)37)21-5-3-4-19(9-21)28(10-20(29)11-28)27-33-32-16-35(27)2/h3-5,9,12-17,20,31H,6-8,10-11,29H2,1-2H3. The van der Waals surface area contributed by atoms with E-state index in [1.165, 1.54) is 18.4 Å². The molecule has 3 N–H and O–H groups in total. The Kier molecular flexibility index (Phi) is 4.81. The molecule has 9 heteroatoms. The van der Waals surface area contributed by atoms with Crippen molar-refractivity contribution in [3.63, 3.8) is 0 Å². The number of hydrogen-bond acceptors (Lipinski definition) is 5. The number of rotatable bonds is 6. The molecule has 188 valence electrons. The molecule has 4 aromatic heterocycles. The summed E-state index contributed by atoms with van der Waals surface area (Å²) in [6.45, 7) is 0. The second-order valence-electron chi connectivity index (χ2n) is 10.9. The van der Waals surface area contributed by atoms with Crippen LogP contribution in [-0.4, -0.2) is 39.9 Å². The highest BCUT2D eigenvalue weighted by Crippen LogP contribution is 2.47. The van der Waals surface area contributed by atoms with Crippen molar-refractivity contribution in [1.29, 1.82) is 0 Å². The summed E-state index contributed by atoms with van der Waals surface area (Å²) in [4.78, 5) is 21.5. The molecule has 2 aliphatic rings. The van der Waals surface area contributed by atoms with Crippen LogP contribution in [0.5, 0.6) is 0 Å². The molecule has 2 aliphatic carbocycles. The van der Waals surface area contributed by atoms with Crippen LogP contribution in [0.2, 0.25) is 0 Å². The van der Waals surface area contributed by atoms with Crippen molar-refractivity contribution in [3.05, 3.63) is 82.8 Å². The molecule has 0 amide bonds. The van der Waals surface area contributed by atoms with Gasteiger partial charge < -0.3 is 19.9 Å². The number of nitrogens with two attached hydrogens (primary N) is 1. The quantitative estimate of drug-likeness (QED) is 0.376. The maximum atomic E-state index is 13.9. The van der Waals surface area contributed by atoms with Crippen molar-refractivity contribution in [2.75, 3.05) is 0 Å². The zero-order valence-electron chi connectivity index (χ0n) is 21.1. The number of pyridine rings is 1. The lowest BCUT2D eigenvalue weighted by Gasteiger charge is -2.45. The van der Waals surface area contributed by atoms with E-state index in [0.29, 0.717) is 11.4 Å². The van der Waals surface area contributed by atoms with Crippen molar-refractivity contribution in [2.24, 2.45) is 25.7 Å². The Morgan fingerprint density at radius 1 is 1.16 bits per heavy atom. The number of nitrogens with one attached hydrogen (secondary N) is 1. The molecule has 9 nitrogen and oxygen atoms in total. The van der Waals surface area contributed by atoms with Gasteiger partial charge in [0.25, 0.3) is 5.56 Å². The molecule has 4 heterocycles. The fraction of sp³-hybridized carbons (Fsp3) is 0.357. The van der Waals surface area contributed by atoms with Gasteiger partial charge in [0, 0.05) is 49.2 Å². The monoisotopic (exact) mass is 494 g/mol. The van der Waals surface area contributed by atoms with Crippen LogP contribution in [-0.2, 0) is 25.9 Å². The fourth-order valence-electron chi connectivity index (χ4n) is 6.18. The van der Waals surface area contributed by atoms with E-state index < -0.39 is 0 Å². The highest BCUT2D eigenvalue weighted by atomic mass is 16.1. The number of fused-ring (bicyclic) bond motifs is 1. The molecule has 0 unspecified atom stereocenters. The second kappa shape index (κ2) is 8.01. The molecule has 7 rings (SSSR count). The first-order valence-electron chi connectivity index (χ1n) is 12.9. The van der Waals surface area contributed by atoms with Crippen LogP contribution >= 0.6 is 0 Å². The number of H-pyrrole nitrogens is 1. The number of aromatic amines is 1. The number of imidazole rings is 1. The first-order valence-corrected chi connectivity index (χ1v) is 12.9. The molecule has 0 spiro atoms. The Balaban J connectivity index is 1.40. The molecule has 0 aliphatic heterocycles. The van der Waals surface area contributed by atoms with Gasteiger partial charge in [0.1, 0.15) is 17.7 Å². The van der Waals surface area contributed by atoms with Crippen molar-refractivity contribution in [2.45, 2.75) is 43.6 Å². The van der Waals surface area contributed by atoms with Crippen LogP contribution in [0.25, 0.3) is 27.8 Å². The van der Waals surface area contributed by atoms with E-state index in [1.54, 1.807) is 17.2 Å². The van der Waals surface area contributed by atoms with Crippen LogP contribution in [0.15, 0.2) is 60.3 Å². The van der Waals surface area contributed by atoms with Gasteiger partial charge in [-0.25, -0.2) is 4.98 Å². The smallest absolute Gasteiger partial charge is 0.279 e. The summed E-state index contributed by atoms with van der Waals surface area (Å²) >= 11 is 0. The van der Waals surface area contributed by atoms with Crippen LogP contribution in [0.4, 0.5) is 0 Å². The molecular weight excluding hydrogens is 464 g/mol. The minimum absolute atomic E-state index is 0.0573. The van der Waals surface area contributed by atoms with E-state index in [-0.39, 0.29) is 17.0 Å². The number of benzene rings is 1. The van der Waals surface area contributed by atoms with E-state index in [1.807, 2.05) is 47.8 Å². The lowest BCUT2D eigenvalue weighted by Crippen LogP contribution is -2.51. The summed E-state index contributed by atoms with van der Waals surface area (Å²) < 4.78 is 5.77. The van der Waals surface area contributed by atoms with Gasteiger partial charge in [-0.3, -0.25) is 9.36 Å². The summed E-state index contributed by atoms with van der Waals surface area (Å²) in [7, 11) is 3.95. The first-order chi connectivity index (χ1) is 17.9. The Morgan fingerprint density at radius 2 is 2.00 bits per heavy atom. The van der Waals surface area contributed by atoms with E-state index in [0.717, 1.165) is 53.0 Å². The molecule has 37 heavy (non-hydrogen) atoms. The van der Waals surface area contributed by atoms with Crippen LogP contribution in [0, 0.1) is 5.92 Å². The Labute approximate surface area is 214 Å². The number of nitrogens with zero attached hydrogens (tertiary/aromatic N) is 6. The lowest BCUT2D eigenvalue weighted by molar-refractivity contribution is 0.234. The maximum absolute atomic E-state index is 13.9. The van der Waals surface area contributed by atoms with Gasteiger partial charge in [-0.2, -0.15) is 0 Å². The maximum Gasteiger partial charge on any atom is 0.279 e. The highest BCUT2D eigenvalue weighted by molar-refractivity contribution is 5.96. The molecule has 5 aromatic rings. The van der Waals surface area contributed by atoms with Crippen molar-refractivity contribution < 1.29 is 0 Å². The topological polar surface area (TPSA) is 112 Å². The number of aromatic nitrogens is 7. The molecule has 2 saturated carbocycles. The average molecular weight is 495 g/mol. The summed E-state index contributed by atoms with van der Waals surface area (Å²) in [6.07, 6.45) is 14.4. The average Bonchev–Trinajstić information content (AvgIpc) is 3.21. The number of hydrogen-bond donors (Lipinski definition) is 2.